The largest absolute Gasteiger partial charge is 0.264 e. The topological polar surface area (TPSA) is 36.7 Å². The third kappa shape index (κ3) is 2.06. The van der Waals surface area contributed by atoms with Crippen molar-refractivity contribution in [1.82, 2.24) is 4.98 Å². The second-order valence-electron chi connectivity index (χ2n) is 3.65. The van der Waals surface area contributed by atoms with Crippen molar-refractivity contribution in [3.8, 4) is 6.07 Å². The molecule has 0 saturated heterocycles. The van der Waals surface area contributed by atoms with Crippen molar-refractivity contribution in [3.63, 3.8) is 0 Å². The lowest BCUT2D eigenvalue weighted by atomic mass is 9.96. The van der Waals surface area contributed by atoms with E-state index in [2.05, 4.69) is 11.1 Å². The molecule has 13 heavy (non-hydrogen) atoms. The summed E-state index contributed by atoms with van der Waals surface area (Å²) < 4.78 is 0. The molecule has 0 radical (unpaired) electrons. The van der Waals surface area contributed by atoms with Gasteiger partial charge in [-0.3, -0.25) is 4.98 Å². The average Bonchev–Trinajstić information content (AvgIpc) is 2.99. The predicted molar refractivity (Wildman–Crippen MR) is 49.9 cm³/mol. The highest BCUT2D eigenvalue weighted by atomic mass is 14.6. The maximum atomic E-state index is 8.98. The molecule has 2 heteroatoms. The highest BCUT2D eigenvalue weighted by Crippen LogP contribution is 2.38. The highest BCUT2D eigenvalue weighted by molar-refractivity contribution is 5.21. The Labute approximate surface area is 78.2 Å². The predicted octanol–water partition coefficient (Wildman–Crippen LogP) is 2.49. The van der Waals surface area contributed by atoms with Crippen molar-refractivity contribution in [2.75, 3.05) is 0 Å². The molecule has 1 heterocycles. The van der Waals surface area contributed by atoms with E-state index in [-0.39, 0.29) is 5.92 Å². The average molecular weight is 172 g/mol. The zero-order valence-electron chi connectivity index (χ0n) is 7.48. The fourth-order valence-corrected chi connectivity index (χ4v) is 1.53. The van der Waals surface area contributed by atoms with E-state index in [4.69, 9.17) is 5.26 Å². The molecule has 1 aromatic heterocycles. The van der Waals surface area contributed by atoms with Gasteiger partial charge in [0.05, 0.1) is 12.0 Å². The van der Waals surface area contributed by atoms with Crippen LogP contribution in [0.4, 0.5) is 0 Å². The Bertz CT molecular complexity index is 309. The van der Waals surface area contributed by atoms with Crippen LogP contribution in [0.2, 0.25) is 0 Å². The Morgan fingerprint density at radius 1 is 1.62 bits per heavy atom. The van der Waals surface area contributed by atoms with Gasteiger partial charge in [-0.2, -0.15) is 5.26 Å². The van der Waals surface area contributed by atoms with Crippen LogP contribution in [-0.2, 0) is 0 Å². The molecule has 1 saturated carbocycles. The van der Waals surface area contributed by atoms with Crippen LogP contribution >= 0.6 is 0 Å². The van der Waals surface area contributed by atoms with Gasteiger partial charge in [-0.1, -0.05) is 18.9 Å². The molecule has 0 aliphatic heterocycles. The zero-order chi connectivity index (χ0) is 9.10. The first-order valence-electron chi connectivity index (χ1n) is 4.69. The van der Waals surface area contributed by atoms with Crippen molar-refractivity contribution in [3.05, 3.63) is 30.1 Å². The van der Waals surface area contributed by atoms with Gasteiger partial charge < -0.3 is 0 Å². The van der Waals surface area contributed by atoms with Crippen LogP contribution in [0.15, 0.2) is 24.5 Å². The lowest BCUT2D eigenvalue weighted by molar-refractivity contribution is 0.669. The van der Waals surface area contributed by atoms with E-state index >= 15 is 0 Å². The summed E-state index contributed by atoms with van der Waals surface area (Å²) in [6, 6.07) is 6.23. The molecule has 0 N–H and O–H groups in total. The summed E-state index contributed by atoms with van der Waals surface area (Å²) in [4.78, 5) is 4.03. The van der Waals surface area contributed by atoms with Gasteiger partial charge in [-0.05, 0) is 24.0 Å². The molecular formula is C11H12N2. The van der Waals surface area contributed by atoms with Crippen LogP contribution in [0, 0.1) is 17.2 Å². The summed E-state index contributed by atoms with van der Waals surface area (Å²) in [7, 11) is 0. The summed E-state index contributed by atoms with van der Waals surface area (Å²) in [5, 5.41) is 8.98. The van der Waals surface area contributed by atoms with Crippen molar-refractivity contribution in [1.29, 1.82) is 5.26 Å². The number of hydrogen-bond donors (Lipinski definition) is 0. The number of hydrogen-bond acceptors (Lipinski definition) is 2. The minimum Gasteiger partial charge on any atom is -0.264 e. The molecule has 1 aromatic rings. The third-order valence-corrected chi connectivity index (χ3v) is 2.51. The Morgan fingerprint density at radius 3 is 3.00 bits per heavy atom. The van der Waals surface area contributed by atoms with E-state index < -0.39 is 0 Å². The highest BCUT2D eigenvalue weighted by Gasteiger charge is 2.26. The number of nitriles is 1. The first-order valence-corrected chi connectivity index (χ1v) is 4.69. The molecular weight excluding hydrogens is 160 g/mol. The molecule has 0 bridgehead atoms. The molecule has 0 spiro atoms. The van der Waals surface area contributed by atoms with Crippen molar-refractivity contribution in [2.45, 2.75) is 25.2 Å². The maximum absolute atomic E-state index is 8.98. The molecule has 66 valence electrons. The van der Waals surface area contributed by atoms with Crippen LogP contribution in [0.1, 0.15) is 30.7 Å². The third-order valence-electron chi connectivity index (χ3n) is 2.51. The second kappa shape index (κ2) is 3.57. The van der Waals surface area contributed by atoms with E-state index in [1.54, 1.807) is 12.4 Å². The van der Waals surface area contributed by atoms with Crippen LogP contribution in [0.3, 0.4) is 0 Å². The number of rotatable bonds is 3. The quantitative estimate of drug-likeness (QED) is 0.702. The van der Waals surface area contributed by atoms with E-state index in [1.807, 2.05) is 12.1 Å². The Morgan fingerprint density at radius 2 is 2.46 bits per heavy atom. The number of aromatic nitrogens is 1. The molecule has 0 unspecified atom stereocenters. The van der Waals surface area contributed by atoms with Crippen molar-refractivity contribution < 1.29 is 0 Å². The van der Waals surface area contributed by atoms with Crippen LogP contribution in [-0.4, -0.2) is 4.98 Å². The van der Waals surface area contributed by atoms with Gasteiger partial charge in [0.1, 0.15) is 0 Å². The van der Waals surface area contributed by atoms with Crippen molar-refractivity contribution in [2.24, 2.45) is 5.92 Å². The van der Waals surface area contributed by atoms with Crippen LogP contribution in [0.5, 0.6) is 0 Å². The normalized spacial score (nSPS) is 17.8. The SMILES string of the molecule is N#C[C@H](CC1CC1)c1cccnc1. The molecule has 1 atom stereocenters. The Kier molecular flexibility index (Phi) is 2.27. The fourth-order valence-electron chi connectivity index (χ4n) is 1.53. The van der Waals surface area contributed by atoms with E-state index in [9.17, 15) is 0 Å². The summed E-state index contributed by atoms with van der Waals surface area (Å²) in [5.41, 5.74) is 1.07. The summed E-state index contributed by atoms with van der Waals surface area (Å²) in [6.45, 7) is 0. The lowest BCUT2D eigenvalue weighted by Crippen LogP contribution is -1.97. The lowest BCUT2D eigenvalue weighted by Gasteiger charge is -2.06. The smallest absolute Gasteiger partial charge is 0.0730 e. The minimum absolute atomic E-state index is 0.0567. The second-order valence-corrected chi connectivity index (χ2v) is 3.65. The summed E-state index contributed by atoms with van der Waals surface area (Å²) in [5.74, 6) is 0.853. The monoisotopic (exact) mass is 172 g/mol. The number of pyridine rings is 1. The minimum atomic E-state index is 0.0567. The molecule has 2 rings (SSSR count). The first kappa shape index (κ1) is 8.25. The van der Waals surface area contributed by atoms with Gasteiger partial charge in [0.25, 0.3) is 0 Å². The Hall–Kier alpha value is -1.36. The van der Waals surface area contributed by atoms with E-state index in [0.29, 0.717) is 0 Å². The zero-order valence-corrected chi connectivity index (χ0v) is 7.48. The van der Waals surface area contributed by atoms with Gasteiger partial charge in [-0.15, -0.1) is 0 Å². The molecule has 1 aliphatic rings. The Balaban J connectivity index is 2.08. The summed E-state index contributed by atoms with van der Waals surface area (Å²) >= 11 is 0. The van der Waals surface area contributed by atoms with E-state index in [0.717, 1.165) is 17.9 Å². The van der Waals surface area contributed by atoms with Crippen LogP contribution in [0.25, 0.3) is 0 Å². The van der Waals surface area contributed by atoms with Gasteiger partial charge in [-0.25, -0.2) is 0 Å². The molecule has 2 nitrogen and oxygen atoms in total. The van der Waals surface area contributed by atoms with Gasteiger partial charge in [0.15, 0.2) is 0 Å². The first-order chi connectivity index (χ1) is 6.40. The van der Waals surface area contributed by atoms with Crippen molar-refractivity contribution >= 4 is 0 Å². The molecule has 1 aliphatic carbocycles. The fraction of sp³-hybridized carbons (Fsp3) is 0.455. The summed E-state index contributed by atoms with van der Waals surface area (Å²) in [6.07, 6.45) is 7.17. The molecule has 0 amide bonds. The number of nitrogens with zero attached hydrogens (tertiary/aromatic N) is 2. The molecule has 1 fully saturated rings. The van der Waals surface area contributed by atoms with Crippen LogP contribution < -0.4 is 0 Å². The van der Waals surface area contributed by atoms with Gasteiger partial charge in [0.2, 0.25) is 0 Å². The standard InChI is InChI=1S/C11H12N2/c12-7-11(6-9-3-4-9)10-2-1-5-13-8-10/h1-2,5,8-9,11H,3-4,6H2/t11-/m0/s1. The maximum Gasteiger partial charge on any atom is 0.0730 e. The van der Waals surface area contributed by atoms with Gasteiger partial charge in [0, 0.05) is 12.4 Å². The van der Waals surface area contributed by atoms with E-state index in [1.165, 1.54) is 12.8 Å². The molecule has 0 aromatic carbocycles. The van der Waals surface area contributed by atoms with Gasteiger partial charge >= 0.3 is 0 Å².